The fourth-order valence-corrected chi connectivity index (χ4v) is 3.45. The van der Waals surface area contributed by atoms with Crippen LogP contribution in [0.15, 0.2) is 53.5 Å². The molecule has 0 saturated carbocycles. The largest absolute Gasteiger partial charge is 0.378 e. The van der Waals surface area contributed by atoms with Crippen molar-refractivity contribution in [3.8, 4) is 0 Å². The van der Waals surface area contributed by atoms with E-state index in [-0.39, 0.29) is 0 Å². The third-order valence-corrected chi connectivity index (χ3v) is 5.02. The molecule has 0 atom stereocenters. The second-order valence-electron chi connectivity index (χ2n) is 6.91. The predicted octanol–water partition coefficient (Wildman–Crippen LogP) is 3.04. The molecule has 1 aliphatic rings. The molecule has 0 radical (unpaired) electrons. The van der Waals surface area contributed by atoms with Crippen LogP contribution in [0, 0.1) is 6.92 Å². The minimum atomic E-state index is 0.748. The fourth-order valence-electron chi connectivity index (χ4n) is 3.45. The van der Waals surface area contributed by atoms with Crippen LogP contribution in [0.25, 0.3) is 0 Å². The van der Waals surface area contributed by atoms with Crippen LogP contribution in [0.1, 0.15) is 16.7 Å². The summed E-state index contributed by atoms with van der Waals surface area (Å²) in [6.45, 7) is 7.21. The molecule has 0 aliphatic carbocycles. The second-order valence-corrected chi connectivity index (χ2v) is 6.91. The highest BCUT2D eigenvalue weighted by molar-refractivity contribution is 5.79. The van der Waals surface area contributed by atoms with Crippen molar-refractivity contribution in [3.05, 3.63) is 65.2 Å². The standard InChI is InChI=1S/C22H30N4O/c1-18-8-4-5-10-20(18)17-25(3)22(23-2)24-16-19-9-6-7-11-21(19)26-12-14-27-15-13-26/h4-11H,12-17H2,1-3H3,(H,23,24). The van der Waals surface area contributed by atoms with E-state index in [4.69, 9.17) is 4.74 Å². The smallest absolute Gasteiger partial charge is 0.193 e. The van der Waals surface area contributed by atoms with Gasteiger partial charge in [0.1, 0.15) is 0 Å². The van der Waals surface area contributed by atoms with Crippen molar-refractivity contribution in [2.75, 3.05) is 45.3 Å². The van der Waals surface area contributed by atoms with Crippen molar-refractivity contribution in [2.45, 2.75) is 20.0 Å². The van der Waals surface area contributed by atoms with E-state index in [9.17, 15) is 0 Å². The highest BCUT2D eigenvalue weighted by Crippen LogP contribution is 2.21. The summed E-state index contributed by atoms with van der Waals surface area (Å²) in [5.74, 6) is 0.898. The number of guanidine groups is 1. The minimum Gasteiger partial charge on any atom is -0.378 e. The van der Waals surface area contributed by atoms with Gasteiger partial charge in [-0.1, -0.05) is 42.5 Å². The maximum absolute atomic E-state index is 5.49. The monoisotopic (exact) mass is 366 g/mol. The topological polar surface area (TPSA) is 40.1 Å². The van der Waals surface area contributed by atoms with E-state index in [0.29, 0.717) is 0 Å². The Morgan fingerprint density at radius 1 is 1.07 bits per heavy atom. The van der Waals surface area contributed by atoms with Gasteiger partial charge in [0.25, 0.3) is 0 Å². The average molecular weight is 367 g/mol. The maximum atomic E-state index is 5.49. The van der Waals surface area contributed by atoms with Crippen LogP contribution in [0.3, 0.4) is 0 Å². The molecule has 5 nitrogen and oxygen atoms in total. The Morgan fingerprint density at radius 3 is 2.44 bits per heavy atom. The zero-order valence-corrected chi connectivity index (χ0v) is 16.6. The third-order valence-electron chi connectivity index (χ3n) is 5.02. The van der Waals surface area contributed by atoms with E-state index in [1.165, 1.54) is 22.4 Å². The van der Waals surface area contributed by atoms with Crippen LogP contribution in [-0.4, -0.2) is 51.3 Å². The molecule has 2 aromatic rings. The number of nitrogens with zero attached hydrogens (tertiary/aromatic N) is 3. The number of nitrogens with one attached hydrogen (secondary N) is 1. The van der Waals surface area contributed by atoms with Crippen LogP contribution in [-0.2, 0) is 17.8 Å². The van der Waals surface area contributed by atoms with Crippen molar-refractivity contribution >= 4 is 11.6 Å². The van der Waals surface area contributed by atoms with Crippen molar-refractivity contribution in [1.82, 2.24) is 10.2 Å². The van der Waals surface area contributed by atoms with E-state index >= 15 is 0 Å². The van der Waals surface area contributed by atoms with E-state index in [0.717, 1.165) is 45.4 Å². The lowest BCUT2D eigenvalue weighted by molar-refractivity contribution is 0.122. The molecule has 5 heteroatoms. The number of rotatable bonds is 5. The number of para-hydroxylation sites is 1. The molecule has 1 heterocycles. The minimum absolute atomic E-state index is 0.748. The second kappa shape index (κ2) is 9.42. The van der Waals surface area contributed by atoms with Gasteiger partial charge in [0.05, 0.1) is 13.2 Å². The van der Waals surface area contributed by atoms with Gasteiger partial charge < -0.3 is 19.9 Å². The summed E-state index contributed by atoms with van der Waals surface area (Å²) in [6, 6.07) is 17.1. The van der Waals surface area contributed by atoms with Gasteiger partial charge in [0.15, 0.2) is 5.96 Å². The average Bonchev–Trinajstić information content (AvgIpc) is 2.71. The SMILES string of the molecule is CN=C(NCc1ccccc1N1CCOCC1)N(C)Cc1ccccc1C. The van der Waals surface area contributed by atoms with Gasteiger partial charge in [0, 0.05) is 46.0 Å². The Bertz CT molecular complexity index is 768. The van der Waals surface area contributed by atoms with E-state index < -0.39 is 0 Å². The molecule has 2 aromatic carbocycles. The Morgan fingerprint density at radius 2 is 1.74 bits per heavy atom. The fraction of sp³-hybridized carbons (Fsp3) is 0.409. The third kappa shape index (κ3) is 5.01. The van der Waals surface area contributed by atoms with Crippen molar-refractivity contribution < 1.29 is 4.74 Å². The van der Waals surface area contributed by atoms with Crippen molar-refractivity contribution in [3.63, 3.8) is 0 Å². The molecule has 1 saturated heterocycles. The van der Waals surface area contributed by atoms with Crippen LogP contribution < -0.4 is 10.2 Å². The van der Waals surface area contributed by atoms with Gasteiger partial charge in [-0.3, -0.25) is 4.99 Å². The van der Waals surface area contributed by atoms with Crippen LogP contribution in [0.2, 0.25) is 0 Å². The lowest BCUT2D eigenvalue weighted by atomic mass is 10.1. The number of ether oxygens (including phenoxy) is 1. The zero-order valence-electron chi connectivity index (χ0n) is 16.6. The predicted molar refractivity (Wildman–Crippen MR) is 112 cm³/mol. The number of hydrogen-bond acceptors (Lipinski definition) is 3. The van der Waals surface area contributed by atoms with Crippen LogP contribution >= 0.6 is 0 Å². The molecule has 0 unspecified atom stereocenters. The number of morpholine rings is 1. The number of aryl methyl sites for hydroxylation is 1. The molecular weight excluding hydrogens is 336 g/mol. The highest BCUT2D eigenvalue weighted by atomic mass is 16.5. The summed E-state index contributed by atoms with van der Waals surface area (Å²) in [5.41, 5.74) is 5.18. The lowest BCUT2D eigenvalue weighted by Gasteiger charge is -2.31. The van der Waals surface area contributed by atoms with Gasteiger partial charge in [-0.2, -0.15) is 0 Å². The summed E-state index contributed by atoms with van der Waals surface area (Å²) in [7, 11) is 3.92. The van der Waals surface area contributed by atoms with E-state index in [1.807, 2.05) is 7.05 Å². The molecule has 3 rings (SSSR count). The Labute approximate surface area is 162 Å². The zero-order chi connectivity index (χ0) is 19.1. The van der Waals surface area contributed by atoms with E-state index in [1.54, 1.807) is 0 Å². The van der Waals surface area contributed by atoms with Crippen molar-refractivity contribution in [1.29, 1.82) is 0 Å². The first kappa shape index (κ1) is 19.2. The molecular formula is C22H30N4O. The lowest BCUT2D eigenvalue weighted by Crippen LogP contribution is -2.39. The number of aliphatic imine (C=N–C) groups is 1. The summed E-state index contributed by atoms with van der Waals surface area (Å²) in [6.07, 6.45) is 0. The molecule has 0 amide bonds. The maximum Gasteiger partial charge on any atom is 0.193 e. The molecule has 144 valence electrons. The van der Waals surface area contributed by atoms with Gasteiger partial charge in [0.2, 0.25) is 0 Å². The molecule has 27 heavy (non-hydrogen) atoms. The Kier molecular flexibility index (Phi) is 6.71. The molecule has 1 N–H and O–H groups in total. The molecule has 0 spiro atoms. The summed E-state index contributed by atoms with van der Waals surface area (Å²) in [5, 5.41) is 3.52. The number of benzene rings is 2. The quantitative estimate of drug-likeness (QED) is 0.652. The molecule has 0 bridgehead atoms. The van der Waals surface area contributed by atoms with Crippen molar-refractivity contribution in [2.24, 2.45) is 4.99 Å². The van der Waals surface area contributed by atoms with Gasteiger partial charge in [-0.05, 0) is 29.7 Å². The highest BCUT2D eigenvalue weighted by Gasteiger charge is 2.15. The summed E-state index contributed by atoms with van der Waals surface area (Å²) >= 11 is 0. The number of anilines is 1. The first-order chi connectivity index (χ1) is 13.2. The molecule has 1 fully saturated rings. The first-order valence-corrected chi connectivity index (χ1v) is 9.56. The van der Waals surface area contributed by atoms with Crippen LogP contribution in [0.5, 0.6) is 0 Å². The molecule has 1 aliphatic heterocycles. The molecule has 0 aromatic heterocycles. The van der Waals surface area contributed by atoms with Crippen LogP contribution in [0.4, 0.5) is 5.69 Å². The summed E-state index contributed by atoms with van der Waals surface area (Å²) < 4.78 is 5.49. The van der Waals surface area contributed by atoms with Gasteiger partial charge >= 0.3 is 0 Å². The number of hydrogen-bond donors (Lipinski definition) is 1. The summed E-state index contributed by atoms with van der Waals surface area (Å²) in [4.78, 5) is 9.04. The Balaban J connectivity index is 1.65. The Hall–Kier alpha value is -2.53. The van der Waals surface area contributed by atoms with Gasteiger partial charge in [-0.25, -0.2) is 0 Å². The first-order valence-electron chi connectivity index (χ1n) is 9.56. The van der Waals surface area contributed by atoms with E-state index in [2.05, 4.69) is 82.6 Å². The van der Waals surface area contributed by atoms with Gasteiger partial charge in [-0.15, -0.1) is 0 Å². The normalized spacial score (nSPS) is 14.9.